The molecule has 0 amide bonds. The minimum absolute atomic E-state index is 0.532. The van der Waals surface area contributed by atoms with Crippen LogP contribution in [0.3, 0.4) is 0 Å². The molecule has 5 rings (SSSR count). The van der Waals surface area contributed by atoms with Crippen LogP contribution in [0.2, 0.25) is 0 Å². The van der Waals surface area contributed by atoms with E-state index < -0.39 is 6.41 Å². The Kier molecular flexibility index (Phi) is 2.58. The van der Waals surface area contributed by atoms with Crippen molar-refractivity contribution in [2.45, 2.75) is 27.2 Å². The van der Waals surface area contributed by atoms with E-state index in [1.165, 1.54) is 16.5 Å². The molecule has 0 saturated carbocycles. The minimum atomic E-state index is -0.532. The lowest BCUT2D eigenvalue weighted by molar-refractivity contribution is -0.613. The summed E-state index contributed by atoms with van der Waals surface area (Å²) in [6, 6.07) is 14.6. The van der Waals surface area contributed by atoms with Crippen molar-refractivity contribution in [3.05, 3.63) is 59.2 Å². The number of ether oxygens (including phenoxy) is 2. The molecule has 3 aromatic rings. The van der Waals surface area contributed by atoms with Gasteiger partial charge in [-0.05, 0) is 54.1 Å². The van der Waals surface area contributed by atoms with Crippen molar-refractivity contribution in [2.75, 3.05) is 0 Å². The second kappa shape index (κ2) is 4.57. The number of aryl methyl sites for hydroxylation is 3. The van der Waals surface area contributed by atoms with Gasteiger partial charge in [-0.3, -0.25) is 0 Å². The van der Waals surface area contributed by atoms with Crippen LogP contribution >= 0.6 is 0 Å². The Morgan fingerprint density at radius 3 is 2.58 bits per heavy atom. The average Bonchev–Trinajstić information content (AvgIpc) is 2.90. The number of fused-ring (bicyclic) bond motifs is 6. The maximum Gasteiger partial charge on any atom is 0.492 e. The summed E-state index contributed by atoms with van der Waals surface area (Å²) in [7, 11) is 0. The zero-order valence-corrected chi connectivity index (χ0v) is 13.8. The molecule has 0 aromatic heterocycles. The number of benzene rings is 3. The average molecular weight is 317 g/mol. The van der Waals surface area contributed by atoms with Gasteiger partial charge in [0, 0.05) is 16.6 Å². The Morgan fingerprint density at radius 1 is 0.917 bits per heavy atom. The fourth-order valence-electron chi connectivity index (χ4n) is 3.43. The van der Waals surface area contributed by atoms with E-state index in [9.17, 15) is 0 Å². The molecule has 3 aromatic carbocycles. The summed E-state index contributed by atoms with van der Waals surface area (Å²) in [4.78, 5) is 0. The zero-order chi connectivity index (χ0) is 16.4. The molecule has 0 spiro atoms. The van der Waals surface area contributed by atoms with Gasteiger partial charge in [-0.2, -0.15) is 0 Å². The third-order valence-electron chi connectivity index (χ3n) is 4.62. The Labute approximate surface area is 140 Å². The molecule has 4 heteroatoms. The maximum atomic E-state index is 6.16. The second-order valence-corrected chi connectivity index (χ2v) is 6.55. The summed E-state index contributed by atoms with van der Waals surface area (Å²) < 4.78 is 13.9. The molecule has 0 bridgehead atoms. The number of nitrogens with zero attached hydrogens (tertiary/aromatic N) is 2. The topological polar surface area (TPSA) is 33.8 Å². The molecule has 2 aliphatic rings. The highest BCUT2D eigenvalue weighted by molar-refractivity contribution is 5.96. The Balaban J connectivity index is 1.80. The molecule has 0 radical (unpaired) electrons. The molecule has 4 nitrogen and oxygen atoms in total. The largest absolute Gasteiger partial charge is 0.492 e. The summed E-state index contributed by atoms with van der Waals surface area (Å²) in [5, 5.41) is 7.17. The van der Waals surface area contributed by atoms with Gasteiger partial charge in [-0.25, -0.2) is 0 Å². The molecule has 2 aliphatic heterocycles. The summed E-state index contributed by atoms with van der Waals surface area (Å²) in [5.74, 6) is 1.61. The molecule has 0 aliphatic carbocycles. The van der Waals surface area contributed by atoms with E-state index in [1.54, 1.807) is 0 Å². The van der Waals surface area contributed by atoms with E-state index in [2.05, 4.69) is 51.1 Å². The Hall–Kier alpha value is -2.88. The van der Waals surface area contributed by atoms with E-state index in [0.717, 1.165) is 33.8 Å². The van der Waals surface area contributed by atoms with Crippen LogP contribution in [0, 0.1) is 20.8 Å². The van der Waals surface area contributed by atoms with Gasteiger partial charge in [-0.15, -0.1) is 0 Å². The lowest BCUT2D eigenvalue weighted by atomic mass is 10.0. The fourth-order valence-corrected chi connectivity index (χ4v) is 3.43. The minimum Gasteiger partial charge on any atom is -0.397 e. The molecule has 2 heterocycles. The van der Waals surface area contributed by atoms with Crippen LogP contribution in [0.1, 0.15) is 16.7 Å². The third kappa shape index (κ3) is 1.80. The summed E-state index contributed by atoms with van der Waals surface area (Å²) in [6.45, 7) is 6.22. The van der Waals surface area contributed by atoms with Crippen molar-refractivity contribution in [2.24, 2.45) is 5.11 Å². The highest BCUT2D eigenvalue weighted by atomic mass is 16.7. The van der Waals surface area contributed by atoms with Crippen molar-refractivity contribution < 1.29 is 14.2 Å². The van der Waals surface area contributed by atoms with E-state index in [-0.39, 0.29) is 0 Å². The van der Waals surface area contributed by atoms with Crippen LogP contribution in [-0.2, 0) is 0 Å². The van der Waals surface area contributed by atoms with Gasteiger partial charge in [-0.1, -0.05) is 29.8 Å². The first-order chi connectivity index (χ1) is 11.6. The van der Waals surface area contributed by atoms with Crippen LogP contribution < -0.4 is 9.47 Å². The van der Waals surface area contributed by atoms with Crippen LogP contribution in [0.4, 0.5) is 11.4 Å². The number of hydrogen-bond acceptors (Lipinski definition) is 3. The lowest BCUT2D eigenvalue weighted by Crippen LogP contribution is -2.31. The molecule has 0 N–H and O–H groups in total. The van der Waals surface area contributed by atoms with Gasteiger partial charge in [0.1, 0.15) is 0 Å². The van der Waals surface area contributed by atoms with Crippen molar-refractivity contribution in [3.8, 4) is 11.5 Å². The smallest absolute Gasteiger partial charge is 0.397 e. The normalized spacial score (nSPS) is 17.5. The molecule has 0 fully saturated rings. The molecule has 118 valence electrons. The van der Waals surface area contributed by atoms with E-state index >= 15 is 0 Å². The van der Waals surface area contributed by atoms with Crippen LogP contribution in [0.25, 0.3) is 10.8 Å². The molecule has 24 heavy (non-hydrogen) atoms. The first-order valence-electron chi connectivity index (χ1n) is 8.09. The monoisotopic (exact) mass is 317 g/mol. The summed E-state index contributed by atoms with van der Waals surface area (Å²) in [6.07, 6.45) is -0.532. The quantitative estimate of drug-likeness (QED) is 0.530. The van der Waals surface area contributed by atoms with Crippen LogP contribution in [0.5, 0.6) is 11.5 Å². The maximum absolute atomic E-state index is 6.16. The van der Waals surface area contributed by atoms with E-state index in [4.69, 9.17) is 14.6 Å². The highest BCUT2D eigenvalue weighted by Crippen LogP contribution is 2.47. The molecule has 1 atom stereocenters. The van der Waals surface area contributed by atoms with Gasteiger partial charge in [0.2, 0.25) is 5.75 Å². The van der Waals surface area contributed by atoms with Crippen LogP contribution in [-0.4, -0.2) is 11.1 Å². The number of hydrogen-bond donors (Lipinski definition) is 0. The van der Waals surface area contributed by atoms with Crippen molar-refractivity contribution >= 4 is 22.1 Å². The van der Waals surface area contributed by atoms with Gasteiger partial charge in [0.15, 0.2) is 11.4 Å². The number of azo groups is 2. The second-order valence-electron chi connectivity index (χ2n) is 6.55. The summed E-state index contributed by atoms with van der Waals surface area (Å²) in [5.41, 5.74) is 5.31. The lowest BCUT2D eigenvalue weighted by Gasteiger charge is -2.17. The first kappa shape index (κ1) is 13.5. The fraction of sp³-hybridized carbons (Fsp3) is 0.200. The first-order valence-corrected chi connectivity index (χ1v) is 8.09. The predicted molar refractivity (Wildman–Crippen MR) is 91.7 cm³/mol. The highest BCUT2D eigenvalue weighted by Gasteiger charge is 2.44. The molecule has 0 saturated heterocycles. The van der Waals surface area contributed by atoms with Gasteiger partial charge in [0.05, 0.1) is 0 Å². The SMILES string of the molecule is Cc1ccc2c(c1)[N+]1=Nc3c(c(C)cc4cc(C)ccc34)OC1O2. The standard InChI is InChI=1S/C20H17N2O2/c1-11-4-6-15-14(8-11)10-13(3)19-18(15)21-22-16-9-12(2)5-7-17(16)23-20(22)24-19/h4-10,20H,1-3H3/q+1. The van der Waals surface area contributed by atoms with E-state index in [0.29, 0.717) is 0 Å². The van der Waals surface area contributed by atoms with Crippen LogP contribution in [0.15, 0.2) is 47.6 Å². The van der Waals surface area contributed by atoms with Gasteiger partial charge in [0.25, 0.3) is 5.69 Å². The molecular formula is C20H17N2O2+. The summed E-state index contributed by atoms with van der Waals surface area (Å²) >= 11 is 0. The van der Waals surface area contributed by atoms with Crippen molar-refractivity contribution in [1.29, 1.82) is 0 Å². The van der Waals surface area contributed by atoms with Crippen molar-refractivity contribution in [1.82, 2.24) is 0 Å². The van der Waals surface area contributed by atoms with Gasteiger partial charge < -0.3 is 9.47 Å². The zero-order valence-electron chi connectivity index (χ0n) is 13.8. The van der Waals surface area contributed by atoms with Crippen molar-refractivity contribution in [3.63, 3.8) is 0 Å². The third-order valence-corrected chi connectivity index (χ3v) is 4.62. The van der Waals surface area contributed by atoms with Gasteiger partial charge >= 0.3 is 6.41 Å². The van der Waals surface area contributed by atoms with E-state index in [1.807, 2.05) is 16.8 Å². The molecule has 1 unspecified atom stereocenters. The predicted octanol–water partition coefficient (Wildman–Crippen LogP) is 5.26. The Bertz CT molecular complexity index is 1050. The molecular weight excluding hydrogens is 300 g/mol. The Morgan fingerprint density at radius 2 is 1.71 bits per heavy atom. The number of rotatable bonds is 0.